The van der Waals surface area contributed by atoms with Crippen molar-refractivity contribution in [1.29, 1.82) is 0 Å². The van der Waals surface area contributed by atoms with Crippen LogP contribution < -0.4 is 9.46 Å². The Morgan fingerprint density at radius 2 is 1.60 bits per heavy atom. The van der Waals surface area contributed by atoms with E-state index in [4.69, 9.17) is 4.74 Å². The van der Waals surface area contributed by atoms with Gasteiger partial charge in [-0.3, -0.25) is 14.5 Å². The maximum Gasteiger partial charge on any atom is 0.303 e. The molecule has 1 N–H and O–H groups in total. The first-order valence-electron chi connectivity index (χ1n) is 17.5. The quantitative estimate of drug-likeness (QED) is 0.374. The molecule has 0 radical (unpaired) electrons. The zero-order chi connectivity index (χ0) is 33.3. The molecule has 2 aliphatic carbocycles. The summed E-state index contributed by atoms with van der Waals surface area (Å²) in [5.74, 6) is 0.479. The second kappa shape index (κ2) is 12.0. The van der Waals surface area contributed by atoms with Crippen LogP contribution >= 0.6 is 0 Å². The first-order chi connectivity index (χ1) is 23.1. The van der Waals surface area contributed by atoms with Crippen molar-refractivity contribution in [3.8, 4) is 17.0 Å². The molecule has 4 heterocycles. The van der Waals surface area contributed by atoms with Crippen molar-refractivity contribution in [3.05, 3.63) is 58.7 Å². The predicted molar refractivity (Wildman–Crippen MR) is 186 cm³/mol. The standard InChI is InChI=1S/C37H45N5O5S/c1-39(2)48(45,46)38-36(43)24-9-15-32-33(19-24)41-20-26(37(44)42-28-12-13-29(42)22-40(21-28)27-10-11-27)17-25-18-30(47-3)14-16-31(25)35(41)34(32)23-7-5-4-6-8-23/h9,14-19,23,27-29H,4-8,10-13,20-22H2,1-3H3,(H,38,43). The smallest absolute Gasteiger partial charge is 0.303 e. The molecule has 3 aliphatic heterocycles. The third kappa shape index (κ3) is 5.44. The van der Waals surface area contributed by atoms with Crippen molar-refractivity contribution in [2.75, 3.05) is 34.3 Å². The minimum Gasteiger partial charge on any atom is -0.497 e. The Morgan fingerprint density at radius 3 is 2.27 bits per heavy atom. The summed E-state index contributed by atoms with van der Waals surface area (Å²) >= 11 is 0. The SMILES string of the molecule is COc1ccc2c(c1)C=C(C(=O)N1C3CCC1CN(C1CC1)C3)Cn1c-2c(C2CCCCC2)c2ccc(C(=O)NS(=O)(=O)N(C)C)cc21. The summed E-state index contributed by atoms with van der Waals surface area (Å²) in [6, 6.07) is 12.8. The number of hydrogen-bond acceptors (Lipinski definition) is 6. The largest absolute Gasteiger partial charge is 0.497 e. The second-order valence-corrected chi connectivity index (χ2v) is 16.4. The minimum atomic E-state index is -3.97. The predicted octanol–water partition coefficient (Wildman–Crippen LogP) is 5.14. The van der Waals surface area contributed by atoms with Crippen LogP contribution in [-0.4, -0.2) is 91.3 Å². The van der Waals surface area contributed by atoms with Gasteiger partial charge < -0.3 is 14.2 Å². The number of nitrogens with one attached hydrogen (secondary N) is 1. The monoisotopic (exact) mass is 671 g/mol. The lowest BCUT2D eigenvalue weighted by atomic mass is 9.81. The van der Waals surface area contributed by atoms with Crippen LogP contribution in [0.1, 0.15) is 85.2 Å². The van der Waals surface area contributed by atoms with Crippen LogP contribution in [0.2, 0.25) is 0 Å². The molecule has 4 fully saturated rings. The number of nitrogens with zero attached hydrogens (tertiary/aromatic N) is 4. The van der Waals surface area contributed by atoms with Crippen LogP contribution in [0, 0.1) is 0 Å². The van der Waals surface area contributed by atoms with Crippen LogP contribution in [0.5, 0.6) is 5.75 Å². The van der Waals surface area contributed by atoms with Crippen molar-refractivity contribution < 1.29 is 22.7 Å². The maximum atomic E-state index is 14.7. The normalized spacial score (nSPS) is 23.1. The van der Waals surface area contributed by atoms with E-state index in [1.165, 1.54) is 38.9 Å². The summed E-state index contributed by atoms with van der Waals surface area (Å²) in [5.41, 5.74) is 6.14. The molecule has 48 heavy (non-hydrogen) atoms. The van der Waals surface area contributed by atoms with Crippen LogP contribution in [-0.2, 0) is 21.5 Å². The number of hydrogen-bond donors (Lipinski definition) is 1. The molecule has 2 saturated heterocycles. The summed E-state index contributed by atoms with van der Waals surface area (Å²) in [5, 5.41) is 1.05. The zero-order valence-corrected chi connectivity index (χ0v) is 28.9. The van der Waals surface area contributed by atoms with E-state index in [9.17, 15) is 18.0 Å². The van der Waals surface area contributed by atoms with Crippen LogP contribution in [0.3, 0.4) is 0 Å². The maximum absolute atomic E-state index is 14.7. The topological polar surface area (TPSA) is 104 Å². The number of benzene rings is 2. The lowest BCUT2D eigenvalue weighted by Gasteiger charge is -2.41. The first-order valence-corrected chi connectivity index (χ1v) is 18.9. The second-order valence-electron chi connectivity index (χ2n) is 14.5. The highest BCUT2D eigenvalue weighted by atomic mass is 32.2. The van der Waals surface area contributed by atoms with E-state index in [-0.39, 0.29) is 23.6 Å². The number of carbonyl (C=O) groups excluding carboxylic acids is 2. The van der Waals surface area contributed by atoms with Crippen LogP contribution in [0.4, 0.5) is 0 Å². The molecule has 11 heteroatoms. The Hall–Kier alpha value is -3.67. The van der Waals surface area contributed by atoms with Crippen molar-refractivity contribution in [2.24, 2.45) is 0 Å². The van der Waals surface area contributed by atoms with E-state index >= 15 is 0 Å². The molecule has 2 bridgehead atoms. The zero-order valence-electron chi connectivity index (χ0n) is 28.1. The summed E-state index contributed by atoms with van der Waals surface area (Å²) in [7, 11) is 0.468. The van der Waals surface area contributed by atoms with E-state index in [2.05, 4.69) is 31.2 Å². The van der Waals surface area contributed by atoms with Gasteiger partial charge in [0, 0.05) is 72.9 Å². The fourth-order valence-corrected chi connectivity index (χ4v) is 9.29. The number of methoxy groups -OCH3 is 1. The van der Waals surface area contributed by atoms with Crippen molar-refractivity contribution >= 4 is 39.0 Å². The van der Waals surface area contributed by atoms with Gasteiger partial charge in [-0.2, -0.15) is 12.7 Å². The van der Waals surface area contributed by atoms with E-state index in [1.807, 2.05) is 18.2 Å². The molecule has 8 rings (SSSR count). The number of carbonyl (C=O) groups is 2. The molecule has 2 amide bonds. The van der Waals surface area contributed by atoms with Crippen molar-refractivity contribution in [2.45, 2.75) is 88.4 Å². The highest BCUT2D eigenvalue weighted by Gasteiger charge is 2.46. The van der Waals surface area contributed by atoms with Gasteiger partial charge in [0.2, 0.25) is 0 Å². The number of rotatable bonds is 7. The molecule has 2 saturated carbocycles. The van der Waals surface area contributed by atoms with E-state index in [1.54, 1.807) is 19.2 Å². The molecule has 2 atom stereocenters. The Kier molecular flexibility index (Phi) is 7.92. The number of ether oxygens (including phenoxy) is 1. The Labute approximate surface area is 282 Å². The number of piperazine rings is 1. The molecule has 0 spiro atoms. The molecule has 2 unspecified atom stereocenters. The van der Waals surface area contributed by atoms with Gasteiger partial charge in [0.25, 0.3) is 11.8 Å². The molecular weight excluding hydrogens is 627 g/mol. The summed E-state index contributed by atoms with van der Waals surface area (Å²) in [4.78, 5) is 32.9. The minimum absolute atomic E-state index is 0.0895. The molecule has 10 nitrogen and oxygen atoms in total. The number of amides is 2. The first kappa shape index (κ1) is 31.6. The van der Waals surface area contributed by atoms with Gasteiger partial charge in [0.05, 0.1) is 19.3 Å². The average molecular weight is 672 g/mol. The van der Waals surface area contributed by atoms with Gasteiger partial charge >= 0.3 is 10.2 Å². The molecule has 1 aromatic heterocycles. The Morgan fingerprint density at radius 1 is 0.896 bits per heavy atom. The van der Waals surface area contributed by atoms with Gasteiger partial charge in [-0.15, -0.1) is 0 Å². The van der Waals surface area contributed by atoms with Crippen molar-refractivity contribution in [3.63, 3.8) is 0 Å². The van der Waals surface area contributed by atoms with Crippen LogP contribution in [0.15, 0.2) is 42.0 Å². The van der Waals surface area contributed by atoms with Gasteiger partial charge in [-0.1, -0.05) is 25.3 Å². The summed E-state index contributed by atoms with van der Waals surface area (Å²) < 4.78 is 36.2. The summed E-state index contributed by atoms with van der Waals surface area (Å²) in [6.07, 6.45) is 12.4. The lowest BCUT2D eigenvalue weighted by molar-refractivity contribution is -0.133. The van der Waals surface area contributed by atoms with Gasteiger partial charge in [-0.05, 0) is 92.0 Å². The van der Waals surface area contributed by atoms with Gasteiger partial charge in [-0.25, -0.2) is 4.72 Å². The number of aromatic nitrogens is 1. The average Bonchev–Trinajstić information content (AvgIpc) is 3.86. The van der Waals surface area contributed by atoms with Crippen LogP contribution in [0.25, 0.3) is 28.2 Å². The molecule has 5 aliphatic rings. The number of fused-ring (bicyclic) bond motifs is 7. The third-order valence-corrected chi connectivity index (χ3v) is 12.7. The third-order valence-electron chi connectivity index (χ3n) is 11.3. The van der Waals surface area contributed by atoms with E-state index in [0.29, 0.717) is 18.5 Å². The van der Waals surface area contributed by atoms with E-state index < -0.39 is 16.1 Å². The molecule has 2 aromatic carbocycles. The highest BCUT2D eigenvalue weighted by Crippen LogP contribution is 2.47. The van der Waals surface area contributed by atoms with E-state index in [0.717, 1.165) is 95.0 Å². The molecular formula is C37H45N5O5S. The van der Waals surface area contributed by atoms with Crippen molar-refractivity contribution in [1.82, 2.24) is 23.4 Å². The fraction of sp³-hybridized carbons (Fsp3) is 0.514. The summed E-state index contributed by atoms with van der Waals surface area (Å²) in [6.45, 7) is 2.25. The highest BCUT2D eigenvalue weighted by molar-refractivity contribution is 7.87. The molecule has 3 aromatic rings. The van der Waals surface area contributed by atoms with Gasteiger partial charge in [0.15, 0.2) is 0 Å². The Balaban J connectivity index is 1.27. The lowest BCUT2D eigenvalue weighted by Crippen LogP contribution is -2.56. The molecule has 254 valence electrons. The fourth-order valence-electron chi connectivity index (χ4n) is 8.75. The van der Waals surface area contributed by atoms with Gasteiger partial charge in [0.1, 0.15) is 5.75 Å². The Bertz CT molecular complexity index is 1920. The number of likely N-dealkylation sites (tertiary alicyclic amines) is 1.